The van der Waals surface area contributed by atoms with Crippen LogP contribution in [0.5, 0.6) is 0 Å². The van der Waals surface area contributed by atoms with Crippen molar-refractivity contribution >= 4 is 5.91 Å². The van der Waals surface area contributed by atoms with Crippen molar-refractivity contribution in [1.29, 1.82) is 0 Å². The number of carbonyl (C=O) groups excluding carboxylic acids is 1. The van der Waals surface area contributed by atoms with E-state index in [-0.39, 0.29) is 11.6 Å². The molecule has 3 nitrogen and oxygen atoms in total. The third-order valence-electron chi connectivity index (χ3n) is 4.07. The van der Waals surface area contributed by atoms with Crippen molar-refractivity contribution in [2.24, 2.45) is 5.73 Å². The number of hydrogen-bond acceptors (Lipinski definition) is 2. The lowest BCUT2D eigenvalue weighted by Gasteiger charge is -2.20. The Morgan fingerprint density at radius 1 is 0.885 bits per heavy atom. The van der Waals surface area contributed by atoms with Gasteiger partial charge in [0.05, 0.1) is 5.56 Å². The number of amides is 1. The molecule has 0 saturated carbocycles. The Hall–Kier alpha value is -3.15. The maximum absolute atomic E-state index is 12.8. The van der Waals surface area contributed by atoms with Crippen molar-refractivity contribution in [3.63, 3.8) is 0 Å². The summed E-state index contributed by atoms with van der Waals surface area (Å²) in [7, 11) is 0. The van der Waals surface area contributed by atoms with Crippen LogP contribution in [0.3, 0.4) is 0 Å². The van der Waals surface area contributed by atoms with Gasteiger partial charge in [-0.05, 0) is 41.0 Å². The predicted octanol–water partition coefficient (Wildman–Crippen LogP) is 4.38. The van der Waals surface area contributed by atoms with Gasteiger partial charge in [-0.15, -0.1) is 0 Å². The lowest BCUT2D eigenvalue weighted by molar-refractivity contribution is -0.137. The van der Waals surface area contributed by atoms with E-state index >= 15 is 0 Å². The normalized spacial score (nSPS) is 12.6. The van der Waals surface area contributed by atoms with E-state index < -0.39 is 17.6 Å². The zero-order valence-electron chi connectivity index (χ0n) is 13.6. The first kappa shape index (κ1) is 17.7. The topological polar surface area (TPSA) is 56.0 Å². The second-order valence-corrected chi connectivity index (χ2v) is 5.80. The Morgan fingerprint density at radius 2 is 1.50 bits per heavy atom. The molecule has 1 unspecified atom stereocenters. The Bertz CT molecular complexity index is 906. The van der Waals surface area contributed by atoms with Gasteiger partial charge in [0.1, 0.15) is 5.69 Å². The van der Waals surface area contributed by atoms with Crippen LogP contribution in [-0.2, 0) is 6.18 Å². The van der Waals surface area contributed by atoms with Crippen LogP contribution in [0, 0.1) is 0 Å². The van der Waals surface area contributed by atoms with Gasteiger partial charge in [0.15, 0.2) is 0 Å². The van der Waals surface area contributed by atoms with Crippen LogP contribution < -0.4 is 5.73 Å². The fourth-order valence-electron chi connectivity index (χ4n) is 2.85. The summed E-state index contributed by atoms with van der Waals surface area (Å²) in [5, 5.41) is 0. The molecule has 2 aromatic carbocycles. The summed E-state index contributed by atoms with van der Waals surface area (Å²) < 4.78 is 38.5. The van der Waals surface area contributed by atoms with Gasteiger partial charge in [-0.2, -0.15) is 13.2 Å². The van der Waals surface area contributed by atoms with Gasteiger partial charge in [-0.25, -0.2) is 0 Å². The molecule has 0 fully saturated rings. The van der Waals surface area contributed by atoms with Crippen molar-refractivity contribution in [2.75, 3.05) is 0 Å². The quantitative estimate of drug-likeness (QED) is 0.754. The van der Waals surface area contributed by atoms with Gasteiger partial charge >= 0.3 is 6.18 Å². The van der Waals surface area contributed by atoms with Gasteiger partial charge < -0.3 is 5.73 Å². The van der Waals surface area contributed by atoms with E-state index in [0.717, 1.165) is 23.3 Å². The van der Waals surface area contributed by atoms with Crippen LogP contribution in [0.1, 0.15) is 38.7 Å². The molecule has 1 aromatic heterocycles. The van der Waals surface area contributed by atoms with Crippen molar-refractivity contribution in [3.05, 3.63) is 101 Å². The molecule has 0 aliphatic heterocycles. The second-order valence-electron chi connectivity index (χ2n) is 5.80. The third-order valence-corrected chi connectivity index (χ3v) is 4.07. The summed E-state index contributed by atoms with van der Waals surface area (Å²) in [6, 6.07) is 17.6. The van der Waals surface area contributed by atoms with E-state index in [9.17, 15) is 18.0 Å². The highest BCUT2D eigenvalue weighted by Gasteiger charge is 2.30. The number of nitrogens with zero attached hydrogens (tertiary/aromatic N) is 1. The molecule has 0 bridgehead atoms. The lowest BCUT2D eigenvalue weighted by Crippen LogP contribution is -2.14. The van der Waals surface area contributed by atoms with Gasteiger partial charge in [0.25, 0.3) is 5.91 Å². The van der Waals surface area contributed by atoms with Crippen LogP contribution in [0.4, 0.5) is 13.2 Å². The predicted molar refractivity (Wildman–Crippen MR) is 91.6 cm³/mol. The molecule has 132 valence electrons. The summed E-state index contributed by atoms with van der Waals surface area (Å²) >= 11 is 0. The number of carbonyl (C=O) groups is 1. The third kappa shape index (κ3) is 3.74. The van der Waals surface area contributed by atoms with Crippen LogP contribution in [0.25, 0.3) is 0 Å². The molecule has 2 N–H and O–H groups in total. The number of benzene rings is 2. The standard InChI is InChI=1S/C20H15F3N2O/c21-20(22,23)16-8-6-14(7-9-16)18(13-4-2-1-3-5-13)15-10-11-25-17(12-15)19(24)26/h1-12,18H,(H2,24,26). The first-order valence-electron chi connectivity index (χ1n) is 7.84. The Labute approximate surface area is 148 Å². The summed E-state index contributed by atoms with van der Waals surface area (Å²) in [4.78, 5) is 15.4. The average molecular weight is 356 g/mol. The fourth-order valence-corrected chi connectivity index (χ4v) is 2.85. The second kappa shape index (κ2) is 7.00. The molecule has 0 aliphatic carbocycles. The van der Waals surface area contributed by atoms with Crippen molar-refractivity contribution < 1.29 is 18.0 Å². The van der Waals surface area contributed by atoms with E-state index in [4.69, 9.17) is 5.73 Å². The number of hydrogen-bond donors (Lipinski definition) is 1. The smallest absolute Gasteiger partial charge is 0.364 e. The largest absolute Gasteiger partial charge is 0.416 e. The van der Waals surface area contributed by atoms with Gasteiger partial charge in [0, 0.05) is 12.1 Å². The van der Waals surface area contributed by atoms with E-state index in [1.807, 2.05) is 30.3 Å². The van der Waals surface area contributed by atoms with Crippen molar-refractivity contribution in [3.8, 4) is 0 Å². The molecular formula is C20H15F3N2O. The van der Waals surface area contributed by atoms with E-state index in [2.05, 4.69) is 4.98 Å². The molecule has 26 heavy (non-hydrogen) atoms. The maximum Gasteiger partial charge on any atom is 0.416 e. The summed E-state index contributed by atoms with van der Waals surface area (Å²) in [5.74, 6) is -1.01. The zero-order chi connectivity index (χ0) is 18.7. The molecule has 0 radical (unpaired) electrons. The monoisotopic (exact) mass is 356 g/mol. The Kier molecular flexibility index (Phi) is 4.75. The Balaban J connectivity index is 2.11. The van der Waals surface area contributed by atoms with E-state index in [0.29, 0.717) is 5.56 Å². The number of alkyl halides is 3. The molecule has 3 rings (SSSR count). The average Bonchev–Trinajstić information content (AvgIpc) is 2.63. The van der Waals surface area contributed by atoms with Crippen LogP contribution in [-0.4, -0.2) is 10.9 Å². The van der Waals surface area contributed by atoms with Gasteiger partial charge in [0.2, 0.25) is 0 Å². The molecule has 1 heterocycles. The summed E-state index contributed by atoms with van der Waals surface area (Å²) in [6.45, 7) is 0. The molecule has 0 aliphatic rings. The fraction of sp³-hybridized carbons (Fsp3) is 0.100. The number of nitrogens with two attached hydrogens (primary N) is 1. The molecule has 6 heteroatoms. The minimum atomic E-state index is -4.39. The molecule has 0 saturated heterocycles. The maximum atomic E-state index is 12.8. The van der Waals surface area contributed by atoms with Crippen LogP contribution >= 0.6 is 0 Å². The van der Waals surface area contributed by atoms with Crippen molar-refractivity contribution in [1.82, 2.24) is 4.98 Å². The summed E-state index contributed by atoms with van der Waals surface area (Å²) in [6.07, 6.45) is -2.92. The highest BCUT2D eigenvalue weighted by atomic mass is 19.4. The van der Waals surface area contributed by atoms with Crippen molar-refractivity contribution in [2.45, 2.75) is 12.1 Å². The molecule has 1 amide bonds. The minimum Gasteiger partial charge on any atom is -0.364 e. The lowest BCUT2D eigenvalue weighted by atomic mass is 9.85. The Morgan fingerprint density at radius 3 is 2.08 bits per heavy atom. The van der Waals surface area contributed by atoms with E-state index in [1.165, 1.54) is 18.3 Å². The highest BCUT2D eigenvalue weighted by molar-refractivity contribution is 5.90. The van der Waals surface area contributed by atoms with Gasteiger partial charge in [-0.3, -0.25) is 9.78 Å². The number of aromatic nitrogens is 1. The first-order valence-corrected chi connectivity index (χ1v) is 7.84. The molecular weight excluding hydrogens is 341 g/mol. The number of pyridine rings is 1. The molecule has 0 spiro atoms. The molecule has 3 aromatic rings. The minimum absolute atomic E-state index is 0.107. The number of rotatable bonds is 4. The van der Waals surface area contributed by atoms with E-state index in [1.54, 1.807) is 12.1 Å². The number of halogens is 3. The summed E-state index contributed by atoms with van der Waals surface area (Å²) in [5.41, 5.74) is 6.98. The van der Waals surface area contributed by atoms with Gasteiger partial charge in [-0.1, -0.05) is 42.5 Å². The van der Waals surface area contributed by atoms with Crippen LogP contribution in [0.2, 0.25) is 0 Å². The SMILES string of the molecule is NC(=O)c1cc(C(c2ccccc2)c2ccc(C(F)(F)F)cc2)ccn1. The highest BCUT2D eigenvalue weighted by Crippen LogP contribution is 2.35. The first-order chi connectivity index (χ1) is 12.4. The van der Waals surface area contributed by atoms with Crippen LogP contribution in [0.15, 0.2) is 72.9 Å². The molecule has 1 atom stereocenters. The zero-order valence-corrected chi connectivity index (χ0v) is 13.6. The number of primary amides is 1.